The summed E-state index contributed by atoms with van der Waals surface area (Å²) in [6, 6.07) is 9.02. The predicted molar refractivity (Wildman–Crippen MR) is 60.2 cm³/mol. The molecule has 0 aliphatic rings. The zero-order valence-electron chi connectivity index (χ0n) is 9.54. The smallest absolute Gasteiger partial charge is 0.223 e. The van der Waals surface area contributed by atoms with Crippen LogP contribution in [-0.2, 0) is 4.74 Å². The van der Waals surface area contributed by atoms with E-state index in [1.807, 2.05) is 18.2 Å². The molecule has 1 aromatic carbocycles. The Balaban J connectivity index is 2.37. The number of rotatable bonds is 6. The van der Waals surface area contributed by atoms with Crippen molar-refractivity contribution >= 4 is 0 Å². The van der Waals surface area contributed by atoms with Gasteiger partial charge >= 0.3 is 0 Å². The second-order valence-electron chi connectivity index (χ2n) is 3.71. The van der Waals surface area contributed by atoms with Crippen LogP contribution < -0.4 is 4.74 Å². The standard InChI is InChI=1S/C12H18O4/c1-9(13)8-15-10(2)12(14)16-11-6-4-3-5-7-11/h3-7,9-10,12-14H,8H2,1-2H3. The number of ether oxygens (including phenoxy) is 2. The topological polar surface area (TPSA) is 58.9 Å². The summed E-state index contributed by atoms with van der Waals surface area (Å²) in [5.41, 5.74) is 0. The number of para-hydroxylation sites is 1. The van der Waals surface area contributed by atoms with Crippen LogP contribution >= 0.6 is 0 Å². The molecule has 1 aromatic rings. The summed E-state index contributed by atoms with van der Waals surface area (Å²) in [6.45, 7) is 3.49. The number of aliphatic hydroxyl groups excluding tert-OH is 2. The maximum absolute atomic E-state index is 9.66. The number of benzene rings is 1. The molecule has 0 fully saturated rings. The number of hydrogen-bond donors (Lipinski definition) is 2. The van der Waals surface area contributed by atoms with Gasteiger partial charge in [0.15, 0.2) is 0 Å². The van der Waals surface area contributed by atoms with Gasteiger partial charge in [0.25, 0.3) is 0 Å². The maximum atomic E-state index is 9.66. The van der Waals surface area contributed by atoms with Gasteiger partial charge in [-0.3, -0.25) is 0 Å². The first-order valence-corrected chi connectivity index (χ1v) is 5.29. The average molecular weight is 226 g/mol. The van der Waals surface area contributed by atoms with Crippen LogP contribution in [-0.4, -0.2) is 35.3 Å². The van der Waals surface area contributed by atoms with Gasteiger partial charge in [-0.25, -0.2) is 0 Å². The molecular formula is C12H18O4. The molecule has 0 spiro atoms. The second kappa shape index (κ2) is 6.48. The van der Waals surface area contributed by atoms with E-state index in [1.54, 1.807) is 26.0 Å². The zero-order chi connectivity index (χ0) is 12.0. The Morgan fingerprint density at radius 3 is 2.31 bits per heavy atom. The SMILES string of the molecule is CC(O)COC(C)C(O)Oc1ccccc1. The van der Waals surface area contributed by atoms with Gasteiger partial charge in [0, 0.05) is 0 Å². The van der Waals surface area contributed by atoms with E-state index in [0.717, 1.165) is 0 Å². The summed E-state index contributed by atoms with van der Waals surface area (Å²) >= 11 is 0. The predicted octanol–water partition coefficient (Wildman–Crippen LogP) is 1.17. The molecule has 3 unspecified atom stereocenters. The van der Waals surface area contributed by atoms with Gasteiger partial charge in [0.05, 0.1) is 12.7 Å². The van der Waals surface area contributed by atoms with Crippen molar-refractivity contribution in [3.05, 3.63) is 30.3 Å². The molecular weight excluding hydrogens is 208 g/mol. The fourth-order valence-electron chi connectivity index (χ4n) is 1.11. The lowest BCUT2D eigenvalue weighted by Crippen LogP contribution is -2.33. The minimum absolute atomic E-state index is 0.177. The van der Waals surface area contributed by atoms with E-state index in [0.29, 0.717) is 5.75 Å². The van der Waals surface area contributed by atoms with Crippen LogP contribution in [0, 0.1) is 0 Å². The molecule has 0 aliphatic carbocycles. The first kappa shape index (κ1) is 13.0. The molecule has 0 saturated heterocycles. The van der Waals surface area contributed by atoms with Gasteiger partial charge in [0.1, 0.15) is 11.9 Å². The van der Waals surface area contributed by atoms with Gasteiger partial charge in [-0.2, -0.15) is 0 Å². The van der Waals surface area contributed by atoms with Crippen LogP contribution in [0.2, 0.25) is 0 Å². The lowest BCUT2D eigenvalue weighted by molar-refractivity contribution is -0.132. The number of hydrogen-bond acceptors (Lipinski definition) is 4. The Kier molecular flexibility index (Phi) is 5.25. The molecule has 90 valence electrons. The van der Waals surface area contributed by atoms with Gasteiger partial charge in [-0.1, -0.05) is 18.2 Å². The Morgan fingerprint density at radius 2 is 1.75 bits per heavy atom. The molecule has 0 aliphatic heterocycles. The van der Waals surface area contributed by atoms with E-state index in [4.69, 9.17) is 14.6 Å². The van der Waals surface area contributed by atoms with Crippen molar-refractivity contribution in [3.8, 4) is 5.75 Å². The average Bonchev–Trinajstić information content (AvgIpc) is 2.27. The van der Waals surface area contributed by atoms with Crippen molar-refractivity contribution < 1.29 is 19.7 Å². The monoisotopic (exact) mass is 226 g/mol. The summed E-state index contributed by atoms with van der Waals surface area (Å²) in [4.78, 5) is 0. The minimum atomic E-state index is -1.04. The first-order valence-electron chi connectivity index (χ1n) is 5.29. The highest BCUT2D eigenvalue weighted by Gasteiger charge is 2.16. The highest BCUT2D eigenvalue weighted by Crippen LogP contribution is 2.12. The van der Waals surface area contributed by atoms with E-state index in [1.165, 1.54) is 0 Å². The molecule has 0 radical (unpaired) electrons. The normalized spacial score (nSPS) is 16.5. The molecule has 4 nitrogen and oxygen atoms in total. The largest absolute Gasteiger partial charge is 0.462 e. The molecule has 1 rings (SSSR count). The van der Waals surface area contributed by atoms with Crippen molar-refractivity contribution in [3.63, 3.8) is 0 Å². The van der Waals surface area contributed by atoms with Crippen LogP contribution in [0.1, 0.15) is 13.8 Å². The summed E-state index contributed by atoms with van der Waals surface area (Å²) in [7, 11) is 0. The molecule has 0 bridgehead atoms. The summed E-state index contributed by atoms with van der Waals surface area (Å²) in [5, 5.41) is 18.7. The van der Waals surface area contributed by atoms with Gasteiger partial charge < -0.3 is 19.7 Å². The third-order valence-corrected chi connectivity index (χ3v) is 2.00. The van der Waals surface area contributed by atoms with Crippen LogP contribution in [0.3, 0.4) is 0 Å². The highest BCUT2D eigenvalue weighted by atomic mass is 16.6. The highest BCUT2D eigenvalue weighted by molar-refractivity contribution is 5.21. The summed E-state index contributed by atoms with van der Waals surface area (Å²) < 4.78 is 10.5. The maximum Gasteiger partial charge on any atom is 0.223 e. The van der Waals surface area contributed by atoms with Crippen LogP contribution in [0.25, 0.3) is 0 Å². The van der Waals surface area contributed by atoms with E-state index in [9.17, 15) is 5.11 Å². The molecule has 3 atom stereocenters. The van der Waals surface area contributed by atoms with Crippen LogP contribution in [0.5, 0.6) is 5.75 Å². The lowest BCUT2D eigenvalue weighted by Gasteiger charge is -2.21. The Bertz CT molecular complexity index is 286. The molecule has 2 N–H and O–H groups in total. The zero-order valence-corrected chi connectivity index (χ0v) is 9.54. The summed E-state index contributed by atoms with van der Waals surface area (Å²) in [6.07, 6.45) is -2.08. The van der Waals surface area contributed by atoms with Crippen molar-refractivity contribution in [1.82, 2.24) is 0 Å². The molecule has 0 saturated carbocycles. The fraction of sp³-hybridized carbons (Fsp3) is 0.500. The molecule has 0 amide bonds. The lowest BCUT2D eigenvalue weighted by atomic mass is 10.3. The van der Waals surface area contributed by atoms with Crippen molar-refractivity contribution in [2.45, 2.75) is 32.3 Å². The van der Waals surface area contributed by atoms with E-state index in [2.05, 4.69) is 0 Å². The minimum Gasteiger partial charge on any atom is -0.462 e. The molecule has 0 aromatic heterocycles. The molecule has 4 heteroatoms. The Hall–Kier alpha value is -1.10. The third kappa shape index (κ3) is 4.61. The summed E-state index contributed by atoms with van der Waals surface area (Å²) in [5.74, 6) is 0.586. The van der Waals surface area contributed by atoms with Crippen molar-refractivity contribution in [2.75, 3.05) is 6.61 Å². The van der Waals surface area contributed by atoms with E-state index < -0.39 is 18.5 Å². The fourth-order valence-corrected chi connectivity index (χ4v) is 1.11. The number of aliphatic hydroxyl groups is 2. The van der Waals surface area contributed by atoms with Crippen molar-refractivity contribution in [2.24, 2.45) is 0 Å². The Morgan fingerprint density at radius 1 is 1.12 bits per heavy atom. The van der Waals surface area contributed by atoms with Crippen LogP contribution in [0.4, 0.5) is 0 Å². The van der Waals surface area contributed by atoms with Gasteiger partial charge in [-0.15, -0.1) is 0 Å². The molecule has 0 heterocycles. The van der Waals surface area contributed by atoms with Gasteiger partial charge in [0.2, 0.25) is 6.29 Å². The quantitative estimate of drug-likeness (QED) is 0.715. The van der Waals surface area contributed by atoms with Crippen LogP contribution in [0.15, 0.2) is 30.3 Å². The third-order valence-electron chi connectivity index (χ3n) is 2.00. The van der Waals surface area contributed by atoms with Crippen molar-refractivity contribution in [1.29, 1.82) is 0 Å². The molecule has 16 heavy (non-hydrogen) atoms. The van der Waals surface area contributed by atoms with Gasteiger partial charge in [-0.05, 0) is 26.0 Å². The Labute approximate surface area is 95.4 Å². The van der Waals surface area contributed by atoms with E-state index in [-0.39, 0.29) is 6.61 Å². The second-order valence-corrected chi connectivity index (χ2v) is 3.71. The van der Waals surface area contributed by atoms with E-state index >= 15 is 0 Å². The first-order chi connectivity index (χ1) is 7.59.